The number of nitrogens with one attached hydrogen (secondary N) is 1. The molecule has 16 heavy (non-hydrogen) atoms. The summed E-state index contributed by atoms with van der Waals surface area (Å²) in [5.74, 6) is 0. The Bertz CT molecular complexity index is 260. The molecule has 1 heterocycles. The van der Waals surface area contributed by atoms with Gasteiger partial charge < -0.3 is 15.0 Å². The molecule has 1 N–H and O–H groups in total. The van der Waals surface area contributed by atoms with E-state index in [1.165, 1.54) is 0 Å². The number of likely N-dealkylation sites (tertiary alicyclic amines) is 1. The zero-order valence-electron chi connectivity index (χ0n) is 10.2. The molecule has 1 fully saturated rings. The van der Waals surface area contributed by atoms with Gasteiger partial charge in [0.05, 0.1) is 0 Å². The van der Waals surface area contributed by atoms with Gasteiger partial charge in [0.15, 0.2) is 0 Å². The Balaban J connectivity index is 2.36. The van der Waals surface area contributed by atoms with E-state index < -0.39 is 11.7 Å². The van der Waals surface area contributed by atoms with Crippen LogP contribution in [0.2, 0.25) is 0 Å². The number of rotatable bonds is 2. The van der Waals surface area contributed by atoms with Crippen molar-refractivity contribution in [3.8, 4) is 0 Å². The second-order valence-electron chi connectivity index (χ2n) is 5.09. The van der Waals surface area contributed by atoms with Crippen molar-refractivity contribution in [2.75, 3.05) is 13.1 Å². The molecule has 0 aromatic rings. The average Bonchev–Trinajstić information content (AvgIpc) is 2.15. The third-order valence-corrected chi connectivity index (χ3v) is 2.32. The fraction of sp³-hybridized carbons (Fsp3) is 0.818. The van der Waals surface area contributed by atoms with E-state index >= 15 is 0 Å². The van der Waals surface area contributed by atoms with E-state index in [-0.39, 0.29) is 6.04 Å². The van der Waals surface area contributed by atoms with Crippen LogP contribution >= 0.6 is 0 Å². The van der Waals surface area contributed by atoms with E-state index in [0.29, 0.717) is 6.54 Å². The van der Waals surface area contributed by atoms with Gasteiger partial charge in [0.2, 0.25) is 6.41 Å². The maximum Gasteiger partial charge on any atom is 0.407 e. The molecule has 1 rings (SSSR count). The Hall–Kier alpha value is -1.26. The van der Waals surface area contributed by atoms with Crippen molar-refractivity contribution in [2.45, 2.75) is 45.3 Å². The van der Waals surface area contributed by atoms with E-state index in [9.17, 15) is 9.59 Å². The second-order valence-corrected chi connectivity index (χ2v) is 5.09. The number of hydrogen-bond acceptors (Lipinski definition) is 3. The van der Waals surface area contributed by atoms with Crippen LogP contribution in [0, 0.1) is 0 Å². The molecule has 0 aliphatic carbocycles. The highest BCUT2D eigenvalue weighted by Gasteiger charge is 2.23. The molecular weight excluding hydrogens is 208 g/mol. The summed E-state index contributed by atoms with van der Waals surface area (Å²) in [4.78, 5) is 23.8. The fourth-order valence-corrected chi connectivity index (χ4v) is 1.69. The zero-order chi connectivity index (χ0) is 12.2. The predicted octanol–water partition coefficient (Wildman–Crippen LogP) is 1.13. The highest BCUT2D eigenvalue weighted by atomic mass is 16.6. The molecule has 0 aromatic carbocycles. The maximum atomic E-state index is 11.5. The first-order valence-electron chi connectivity index (χ1n) is 5.59. The van der Waals surface area contributed by atoms with Gasteiger partial charge in [-0.1, -0.05) is 0 Å². The lowest BCUT2D eigenvalue weighted by atomic mass is 10.1. The SMILES string of the molecule is CC(C)(C)OC(=O)NC1CCCN(C=O)C1. The molecule has 0 aromatic heterocycles. The molecule has 5 nitrogen and oxygen atoms in total. The highest BCUT2D eigenvalue weighted by molar-refractivity contribution is 5.68. The number of amides is 2. The van der Waals surface area contributed by atoms with Gasteiger partial charge in [0.25, 0.3) is 0 Å². The molecule has 0 saturated carbocycles. The van der Waals surface area contributed by atoms with Gasteiger partial charge in [-0.25, -0.2) is 4.79 Å². The number of nitrogens with zero attached hydrogens (tertiary/aromatic N) is 1. The van der Waals surface area contributed by atoms with Crippen LogP contribution in [0.5, 0.6) is 0 Å². The van der Waals surface area contributed by atoms with Crippen LogP contribution in [0.25, 0.3) is 0 Å². The van der Waals surface area contributed by atoms with Crippen LogP contribution in [0.4, 0.5) is 4.79 Å². The number of piperidine rings is 1. The molecule has 2 amide bonds. The number of alkyl carbamates (subject to hydrolysis) is 1. The van der Waals surface area contributed by atoms with Gasteiger partial charge in [-0.3, -0.25) is 4.79 Å². The number of hydrogen-bond donors (Lipinski definition) is 1. The first-order valence-corrected chi connectivity index (χ1v) is 5.59. The summed E-state index contributed by atoms with van der Waals surface area (Å²) in [6, 6.07) is 0.00815. The van der Waals surface area contributed by atoms with Crippen LogP contribution in [-0.4, -0.2) is 42.1 Å². The van der Waals surface area contributed by atoms with E-state index in [0.717, 1.165) is 25.8 Å². The van der Waals surface area contributed by atoms with Gasteiger partial charge in [-0.15, -0.1) is 0 Å². The molecule has 5 heteroatoms. The minimum absolute atomic E-state index is 0.00815. The summed E-state index contributed by atoms with van der Waals surface area (Å²) in [6.07, 6.45) is 2.22. The normalized spacial score (nSPS) is 21.4. The van der Waals surface area contributed by atoms with Crippen LogP contribution < -0.4 is 5.32 Å². The minimum Gasteiger partial charge on any atom is -0.444 e. The molecule has 1 saturated heterocycles. The predicted molar refractivity (Wildman–Crippen MR) is 60.0 cm³/mol. The van der Waals surface area contributed by atoms with Crippen molar-refractivity contribution >= 4 is 12.5 Å². The second kappa shape index (κ2) is 5.18. The quantitative estimate of drug-likeness (QED) is 0.721. The Kier molecular flexibility index (Phi) is 4.15. The minimum atomic E-state index is -0.483. The molecule has 1 unspecified atom stereocenters. The molecule has 1 aliphatic rings. The van der Waals surface area contributed by atoms with Crippen molar-refractivity contribution in [2.24, 2.45) is 0 Å². The van der Waals surface area contributed by atoms with E-state index in [2.05, 4.69) is 5.32 Å². The maximum absolute atomic E-state index is 11.5. The van der Waals surface area contributed by atoms with Crippen LogP contribution in [0.3, 0.4) is 0 Å². The van der Waals surface area contributed by atoms with Gasteiger partial charge in [0, 0.05) is 19.1 Å². The van der Waals surface area contributed by atoms with Crippen molar-refractivity contribution in [1.29, 1.82) is 0 Å². The van der Waals surface area contributed by atoms with E-state index in [1.807, 2.05) is 20.8 Å². The lowest BCUT2D eigenvalue weighted by Gasteiger charge is -2.31. The van der Waals surface area contributed by atoms with Crippen molar-refractivity contribution < 1.29 is 14.3 Å². The third kappa shape index (κ3) is 4.51. The lowest BCUT2D eigenvalue weighted by Crippen LogP contribution is -2.48. The molecule has 0 spiro atoms. The Morgan fingerprint density at radius 2 is 2.19 bits per heavy atom. The monoisotopic (exact) mass is 228 g/mol. The summed E-state index contributed by atoms with van der Waals surface area (Å²) >= 11 is 0. The van der Waals surface area contributed by atoms with Gasteiger partial charge in [-0.2, -0.15) is 0 Å². The smallest absolute Gasteiger partial charge is 0.407 e. The fourth-order valence-electron chi connectivity index (χ4n) is 1.69. The number of carbonyl (C=O) groups excluding carboxylic acids is 2. The zero-order valence-corrected chi connectivity index (χ0v) is 10.2. The summed E-state index contributed by atoms with van der Waals surface area (Å²) in [6.45, 7) is 6.82. The average molecular weight is 228 g/mol. The van der Waals surface area contributed by atoms with Gasteiger partial charge in [-0.05, 0) is 33.6 Å². The molecule has 92 valence electrons. The Labute approximate surface area is 96.1 Å². The highest BCUT2D eigenvalue weighted by Crippen LogP contribution is 2.10. The van der Waals surface area contributed by atoms with Crippen molar-refractivity contribution in [1.82, 2.24) is 10.2 Å². The largest absolute Gasteiger partial charge is 0.444 e. The first-order chi connectivity index (χ1) is 7.40. The van der Waals surface area contributed by atoms with Gasteiger partial charge in [0.1, 0.15) is 5.60 Å². The Morgan fingerprint density at radius 1 is 1.50 bits per heavy atom. The van der Waals surface area contributed by atoms with Gasteiger partial charge >= 0.3 is 6.09 Å². The summed E-state index contributed by atoms with van der Waals surface area (Å²) in [5, 5.41) is 2.78. The summed E-state index contributed by atoms with van der Waals surface area (Å²) < 4.78 is 5.15. The molecule has 0 radical (unpaired) electrons. The van der Waals surface area contributed by atoms with Crippen LogP contribution in [-0.2, 0) is 9.53 Å². The van der Waals surface area contributed by atoms with Crippen molar-refractivity contribution in [3.05, 3.63) is 0 Å². The third-order valence-electron chi connectivity index (χ3n) is 2.32. The van der Waals surface area contributed by atoms with Crippen LogP contribution in [0.1, 0.15) is 33.6 Å². The molecule has 1 atom stereocenters. The standard InChI is InChI=1S/C11H20N2O3/c1-11(2,3)16-10(15)12-9-5-4-6-13(7-9)8-14/h8-9H,4-7H2,1-3H3,(H,12,15). The van der Waals surface area contributed by atoms with E-state index in [1.54, 1.807) is 4.90 Å². The van der Waals surface area contributed by atoms with Crippen LogP contribution in [0.15, 0.2) is 0 Å². The molecule has 0 bridgehead atoms. The topological polar surface area (TPSA) is 58.6 Å². The lowest BCUT2D eigenvalue weighted by molar-refractivity contribution is -0.119. The first kappa shape index (κ1) is 12.8. The van der Waals surface area contributed by atoms with Crippen molar-refractivity contribution in [3.63, 3.8) is 0 Å². The van der Waals surface area contributed by atoms with E-state index in [4.69, 9.17) is 4.74 Å². The summed E-state index contributed by atoms with van der Waals surface area (Å²) in [7, 11) is 0. The summed E-state index contributed by atoms with van der Waals surface area (Å²) in [5.41, 5.74) is -0.483. The number of carbonyl (C=O) groups is 2. The Morgan fingerprint density at radius 3 is 2.75 bits per heavy atom. The molecular formula is C11H20N2O3. The molecule has 1 aliphatic heterocycles. The number of ether oxygens (including phenoxy) is 1.